The molecule has 0 spiro atoms. The molecule has 8 nitrogen and oxygen atoms in total. The number of ether oxygens (including phenoxy) is 1. The summed E-state index contributed by atoms with van der Waals surface area (Å²) in [5, 5.41) is 1.25. The number of hydrogen-bond donors (Lipinski definition) is 1. The van der Waals surface area contributed by atoms with Crippen LogP contribution in [-0.4, -0.2) is 67.3 Å². The van der Waals surface area contributed by atoms with E-state index in [0.29, 0.717) is 5.39 Å². The molecule has 2 aromatic heterocycles. The van der Waals surface area contributed by atoms with Crippen LogP contribution in [0.15, 0.2) is 35.4 Å². The number of hydrogen-bond acceptors (Lipinski definition) is 6. The highest BCUT2D eigenvalue weighted by atomic mass is 19.3. The average molecular weight is 549 g/mol. The Kier molecular flexibility index (Phi) is 9.76. The van der Waals surface area contributed by atoms with Gasteiger partial charge in [-0.25, -0.2) is 23.1 Å². The number of halogens is 3. The lowest BCUT2D eigenvalue weighted by atomic mass is 9.52. The van der Waals surface area contributed by atoms with Crippen molar-refractivity contribution in [2.24, 2.45) is 7.05 Å². The Morgan fingerprint density at radius 3 is 2.42 bits per heavy atom. The highest BCUT2D eigenvalue weighted by Crippen LogP contribution is 2.38. The van der Waals surface area contributed by atoms with Gasteiger partial charge >= 0.3 is 0 Å². The van der Waals surface area contributed by atoms with Crippen LogP contribution in [0.3, 0.4) is 0 Å². The van der Waals surface area contributed by atoms with Crippen molar-refractivity contribution in [3.63, 3.8) is 0 Å². The SMILES string of the molecule is CC.[B]C([B])([B])OC1(c2cc3c(NCc4cccc(C(F)F)c4F)ncnc3n(C)c2=O)CCN(C(C)=O)CC1. The van der Waals surface area contributed by atoms with E-state index in [-0.39, 0.29) is 61.0 Å². The van der Waals surface area contributed by atoms with Crippen molar-refractivity contribution in [2.45, 2.75) is 57.5 Å². The van der Waals surface area contributed by atoms with E-state index in [0.717, 1.165) is 6.07 Å². The molecule has 0 unspecified atom stereocenters. The Balaban J connectivity index is 0.00000216. The van der Waals surface area contributed by atoms with Gasteiger partial charge in [-0.05, 0) is 24.2 Å². The van der Waals surface area contributed by atoms with Crippen LogP contribution >= 0.6 is 0 Å². The number of pyridine rings is 1. The van der Waals surface area contributed by atoms with Gasteiger partial charge in [0, 0.05) is 39.2 Å². The van der Waals surface area contributed by atoms with E-state index in [1.165, 1.54) is 43.1 Å². The highest BCUT2D eigenvalue weighted by molar-refractivity contribution is 6.58. The molecule has 14 heteroatoms. The minimum atomic E-state index is -2.96. The van der Waals surface area contributed by atoms with Crippen LogP contribution < -0.4 is 10.9 Å². The number of aromatic nitrogens is 3. The molecule has 1 aromatic carbocycles. The number of amides is 1. The van der Waals surface area contributed by atoms with Crippen molar-refractivity contribution in [1.29, 1.82) is 0 Å². The van der Waals surface area contributed by atoms with Gasteiger partial charge in [-0.15, -0.1) is 0 Å². The molecule has 4 rings (SSSR count). The second-order valence-electron chi connectivity index (χ2n) is 9.31. The molecule has 1 aliphatic heterocycles. The first-order chi connectivity index (χ1) is 18.8. The maximum atomic E-state index is 14.6. The fraction of sp³-hybridized carbons (Fsp3) is 0.462. The van der Waals surface area contributed by atoms with Crippen molar-refractivity contribution < 1.29 is 22.7 Å². The zero-order valence-corrected chi connectivity index (χ0v) is 22.9. The third kappa shape index (κ3) is 6.54. The van der Waals surface area contributed by atoms with Crippen molar-refractivity contribution in [3.8, 4) is 0 Å². The average Bonchev–Trinajstić information content (AvgIpc) is 2.90. The van der Waals surface area contributed by atoms with E-state index in [1.807, 2.05) is 13.8 Å². The molecule has 0 atom stereocenters. The van der Waals surface area contributed by atoms with Gasteiger partial charge in [0.1, 0.15) is 23.6 Å². The molecule has 6 radical (unpaired) electrons. The number of nitrogens with zero attached hydrogens (tertiary/aromatic N) is 4. The fourth-order valence-electron chi connectivity index (χ4n) is 4.77. The number of aryl methyl sites for hydroxylation is 1. The first kappa shape index (κ1) is 31.3. The summed E-state index contributed by atoms with van der Waals surface area (Å²) in [5.41, 5.74) is -2.04. The molecule has 40 heavy (non-hydrogen) atoms. The monoisotopic (exact) mass is 549 g/mol. The normalized spacial score (nSPS) is 15.1. The summed E-state index contributed by atoms with van der Waals surface area (Å²) in [4.78, 5) is 35.4. The van der Waals surface area contributed by atoms with Crippen LogP contribution in [0.4, 0.5) is 19.0 Å². The third-order valence-corrected chi connectivity index (χ3v) is 6.67. The molecule has 0 bridgehead atoms. The second-order valence-corrected chi connectivity index (χ2v) is 9.31. The van der Waals surface area contributed by atoms with E-state index in [1.54, 1.807) is 4.90 Å². The van der Waals surface area contributed by atoms with Gasteiger partial charge in [0.05, 0.1) is 45.7 Å². The third-order valence-electron chi connectivity index (χ3n) is 6.67. The van der Waals surface area contributed by atoms with Crippen LogP contribution in [0.2, 0.25) is 0 Å². The quantitative estimate of drug-likeness (QED) is 0.457. The van der Waals surface area contributed by atoms with Crippen molar-refractivity contribution >= 4 is 46.3 Å². The molecule has 1 fully saturated rings. The number of carbonyl (C=O) groups excluding carboxylic acids is 1. The molecular formula is C26H29B3F3N5O3. The van der Waals surface area contributed by atoms with Gasteiger partial charge in [0.15, 0.2) is 0 Å². The van der Waals surface area contributed by atoms with Crippen LogP contribution in [0.1, 0.15) is 56.7 Å². The summed E-state index contributed by atoms with van der Waals surface area (Å²) in [6.07, 6.45) is -1.37. The predicted octanol–water partition coefficient (Wildman–Crippen LogP) is 3.01. The van der Waals surface area contributed by atoms with Gasteiger partial charge in [-0.1, -0.05) is 32.0 Å². The van der Waals surface area contributed by atoms with Gasteiger partial charge in [-0.2, -0.15) is 0 Å². The summed E-state index contributed by atoms with van der Waals surface area (Å²) in [6, 6.07) is 5.28. The van der Waals surface area contributed by atoms with Crippen molar-refractivity contribution in [1.82, 2.24) is 19.4 Å². The van der Waals surface area contributed by atoms with Gasteiger partial charge in [0.2, 0.25) is 5.91 Å². The Bertz CT molecular complexity index is 1420. The van der Waals surface area contributed by atoms with Crippen LogP contribution in [-0.2, 0) is 28.7 Å². The van der Waals surface area contributed by atoms with Gasteiger partial charge in [-0.3, -0.25) is 14.2 Å². The summed E-state index contributed by atoms with van der Waals surface area (Å²) < 4.78 is 48.0. The molecule has 1 N–H and O–H groups in total. The topological polar surface area (TPSA) is 89.3 Å². The Hall–Kier alpha value is -3.28. The van der Waals surface area contributed by atoms with E-state index in [4.69, 9.17) is 28.3 Å². The number of carbonyl (C=O) groups is 1. The summed E-state index contributed by atoms with van der Waals surface area (Å²) >= 11 is 0. The fourth-order valence-corrected chi connectivity index (χ4v) is 4.77. The van der Waals surface area contributed by atoms with Crippen molar-refractivity contribution in [2.75, 3.05) is 18.4 Å². The minimum Gasteiger partial charge on any atom is -0.391 e. The molecule has 0 aliphatic carbocycles. The number of nitrogens with one attached hydrogen (secondary N) is 1. The van der Waals surface area contributed by atoms with E-state index in [9.17, 15) is 22.8 Å². The van der Waals surface area contributed by atoms with Crippen LogP contribution in [0.5, 0.6) is 0 Å². The zero-order chi connectivity index (χ0) is 29.8. The van der Waals surface area contributed by atoms with E-state index in [2.05, 4.69) is 15.3 Å². The van der Waals surface area contributed by atoms with Gasteiger partial charge in [0.25, 0.3) is 12.0 Å². The first-order valence-corrected chi connectivity index (χ1v) is 12.8. The molecule has 206 valence electrons. The number of likely N-dealkylation sites (tertiary alicyclic amines) is 1. The maximum absolute atomic E-state index is 14.6. The lowest BCUT2D eigenvalue weighted by Crippen LogP contribution is -2.53. The number of rotatable bonds is 7. The molecule has 3 aromatic rings. The highest BCUT2D eigenvalue weighted by Gasteiger charge is 2.42. The summed E-state index contributed by atoms with van der Waals surface area (Å²) in [5.74, 6) is -0.923. The van der Waals surface area contributed by atoms with E-state index >= 15 is 0 Å². The Labute approximate surface area is 234 Å². The standard InChI is InChI=1S/C24H23B3F3N5O3.C2H6/c1-13(36)35-8-6-23(7-9-35,38-24(25,26)27)17-10-16-20(32-12-33-21(16)34(2)22(17)37)31-11-14-4-3-5-15(18(14)28)19(29)30;1-2/h3-5,10,12,19H,6-9,11H2,1-2H3,(H,31,32,33);1-2H3. The molecule has 0 saturated carbocycles. The van der Waals surface area contributed by atoms with Gasteiger partial charge < -0.3 is 15.0 Å². The van der Waals surface area contributed by atoms with Crippen LogP contribution in [0.25, 0.3) is 11.0 Å². The van der Waals surface area contributed by atoms with E-state index < -0.39 is 34.3 Å². The number of benzene rings is 1. The lowest BCUT2D eigenvalue weighted by molar-refractivity contribution is -0.138. The smallest absolute Gasteiger partial charge is 0.266 e. The second kappa shape index (κ2) is 12.5. The lowest BCUT2D eigenvalue weighted by Gasteiger charge is -2.45. The Morgan fingerprint density at radius 2 is 1.85 bits per heavy atom. The Morgan fingerprint density at radius 1 is 1.20 bits per heavy atom. The number of alkyl halides is 2. The molecule has 1 aliphatic rings. The summed E-state index contributed by atoms with van der Waals surface area (Å²) in [6.45, 7) is 5.81. The molecular weight excluding hydrogens is 520 g/mol. The minimum absolute atomic E-state index is 0.00944. The summed E-state index contributed by atoms with van der Waals surface area (Å²) in [7, 11) is 18.9. The largest absolute Gasteiger partial charge is 0.391 e. The number of fused-ring (bicyclic) bond motifs is 1. The number of piperidine rings is 1. The van der Waals surface area contributed by atoms with Crippen LogP contribution in [0, 0.1) is 5.82 Å². The molecule has 3 heterocycles. The predicted molar refractivity (Wildman–Crippen MR) is 149 cm³/mol. The zero-order valence-electron chi connectivity index (χ0n) is 22.9. The molecule has 1 saturated heterocycles. The van der Waals surface area contributed by atoms with Crippen molar-refractivity contribution in [3.05, 3.63) is 63.5 Å². The maximum Gasteiger partial charge on any atom is 0.266 e. The first-order valence-electron chi connectivity index (χ1n) is 12.8. The molecule has 1 amide bonds. The number of anilines is 1.